The Hall–Kier alpha value is -1.25. The van der Waals surface area contributed by atoms with Gasteiger partial charge in [-0.2, -0.15) is 0 Å². The van der Waals surface area contributed by atoms with Crippen LogP contribution >= 0.6 is 0 Å². The Morgan fingerprint density at radius 3 is 2.19 bits per heavy atom. The smallest absolute Gasteiger partial charge is 0.303 e. The highest BCUT2D eigenvalue weighted by atomic mass is 16.4. The van der Waals surface area contributed by atoms with Crippen molar-refractivity contribution < 1.29 is 15.0 Å². The van der Waals surface area contributed by atoms with E-state index >= 15 is 0 Å². The molecule has 0 aromatic heterocycles. The van der Waals surface area contributed by atoms with E-state index in [1.54, 1.807) is 0 Å². The van der Waals surface area contributed by atoms with Crippen LogP contribution in [0.15, 0.2) is 24.0 Å². The fourth-order valence-electron chi connectivity index (χ4n) is 2.15. The van der Waals surface area contributed by atoms with Gasteiger partial charge in [-0.05, 0) is 38.2 Å². The van der Waals surface area contributed by atoms with E-state index in [1.807, 2.05) is 6.08 Å². The second-order valence-corrected chi connectivity index (χ2v) is 5.56. The molecule has 0 aliphatic rings. The summed E-state index contributed by atoms with van der Waals surface area (Å²) in [5, 5.41) is 18.2. The summed E-state index contributed by atoms with van der Waals surface area (Å²) in [6.45, 7) is 2.21. The average Bonchev–Trinajstić information content (AvgIpc) is 2.45. The summed E-state index contributed by atoms with van der Waals surface area (Å²) >= 11 is 0. The number of carbonyl (C=O) groups is 1. The molecular formula is C18H32O3. The van der Waals surface area contributed by atoms with Gasteiger partial charge < -0.3 is 10.2 Å². The van der Waals surface area contributed by atoms with Crippen molar-refractivity contribution in [1.29, 1.82) is 0 Å². The third-order valence-corrected chi connectivity index (χ3v) is 3.45. The molecule has 0 aromatic carbocycles. The molecule has 0 fully saturated rings. The summed E-state index contributed by atoms with van der Waals surface area (Å²) in [6, 6.07) is 0. The van der Waals surface area contributed by atoms with Gasteiger partial charge in [-0.15, -0.1) is 0 Å². The zero-order valence-electron chi connectivity index (χ0n) is 13.5. The maximum absolute atomic E-state index is 10.3. The Kier molecular flexibility index (Phi) is 14.2. The van der Waals surface area contributed by atoms with Crippen LogP contribution in [-0.2, 0) is 4.79 Å². The fraction of sp³-hybridized carbons (Fsp3) is 0.722. The predicted molar refractivity (Wildman–Crippen MR) is 88.6 cm³/mol. The molecule has 0 aliphatic heterocycles. The highest BCUT2D eigenvalue weighted by molar-refractivity contribution is 5.66. The first-order chi connectivity index (χ1) is 10.2. The van der Waals surface area contributed by atoms with Crippen LogP contribution in [-0.4, -0.2) is 16.2 Å². The number of aliphatic hydroxyl groups is 1. The number of aliphatic hydroxyl groups excluding tert-OH is 1. The van der Waals surface area contributed by atoms with Gasteiger partial charge in [-0.1, -0.05) is 51.2 Å². The van der Waals surface area contributed by atoms with Gasteiger partial charge in [-0.25, -0.2) is 0 Å². The molecule has 2 N–H and O–H groups in total. The van der Waals surface area contributed by atoms with Gasteiger partial charge in [0.05, 0.1) is 5.76 Å². The van der Waals surface area contributed by atoms with E-state index in [2.05, 4.69) is 19.1 Å². The Morgan fingerprint density at radius 2 is 1.52 bits per heavy atom. The molecule has 3 heteroatoms. The monoisotopic (exact) mass is 296 g/mol. The molecule has 122 valence electrons. The van der Waals surface area contributed by atoms with E-state index in [-0.39, 0.29) is 6.42 Å². The molecule has 0 radical (unpaired) electrons. The lowest BCUT2D eigenvalue weighted by molar-refractivity contribution is -0.137. The van der Waals surface area contributed by atoms with Crippen molar-refractivity contribution in [3.63, 3.8) is 0 Å². The summed E-state index contributed by atoms with van der Waals surface area (Å²) in [4.78, 5) is 10.3. The number of carboxylic acid groups (broad SMARTS) is 1. The zero-order chi connectivity index (χ0) is 15.8. The van der Waals surface area contributed by atoms with Gasteiger partial charge in [0.2, 0.25) is 0 Å². The Balaban J connectivity index is 3.41. The van der Waals surface area contributed by atoms with Crippen LogP contribution in [0, 0.1) is 0 Å². The van der Waals surface area contributed by atoms with E-state index in [0.29, 0.717) is 5.76 Å². The summed E-state index contributed by atoms with van der Waals surface area (Å²) < 4.78 is 0. The van der Waals surface area contributed by atoms with E-state index in [9.17, 15) is 9.90 Å². The predicted octanol–water partition coefficient (Wildman–Crippen LogP) is 5.77. The van der Waals surface area contributed by atoms with Crippen molar-refractivity contribution >= 4 is 5.97 Å². The maximum atomic E-state index is 10.3. The molecule has 0 aliphatic carbocycles. The van der Waals surface area contributed by atoms with Crippen molar-refractivity contribution in [2.24, 2.45) is 0 Å². The first kappa shape index (κ1) is 19.8. The molecule has 3 nitrogen and oxygen atoms in total. The molecule has 21 heavy (non-hydrogen) atoms. The number of carboxylic acids is 1. The van der Waals surface area contributed by atoms with E-state index in [0.717, 1.165) is 51.4 Å². The second-order valence-electron chi connectivity index (χ2n) is 5.56. The minimum Gasteiger partial charge on any atom is -0.513 e. The minimum absolute atomic E-state index is 0.274. The van der Waals surface area contributed by atoms with Crippen molar-refractivity contribution in [2.75, 3.05) is 0 Å². The number of unbranched alkanes of at least 4 members (excludes halogenated alkanes) is 7. The molecule has 0 saturated heterocycles. The van der Waals surface area contributed by atoms with Crippen LogP contribution in [0.3, 0.4) is 0 Å². The summed E-state index contributed by atoms with van der Waals surface area (Å²) in [6.07, 6.45) is 17.8. The Morgan fingerprint density at radius 1 is 0.857 bits per heavy atom. The fourth-order valence-corrected chi connectivity index (χ4v) is 2.15. The molecule has 0 atom stereocenters. The van der Waals surface area contributed by atoms with Crippen LogP contribution in [0.5, 0.6) is 0 Å². The van der Waals surface area contributed by atoms with E-state index < -0.39 is 5.97 Å². The van der Waals surface area contributed by atoms with E-state index in [1.165, 1.54) is 19.3 Å². The van der Waals surface area contributed by atoms with Crippen molar-refractivity contribution in [2.45, 2.75) is 84.0 Å². The highest BCUT2D eigenvalue weighted by Gasteiger charge is 1.97. The van der Waals surface area contributed by atoms with Gasteiger partial charge in [0.25, 0.3) is 0 Å². The first-order valence-corrected chi connectivity index (χ1v) is 8.41. The van der Waals surface area contributed by atoms with Crippen LogP contribution in [0.1, 0.15) is 84.0 Å². The second kappa shape index (κ2) is 15.1. The number of hydrogen-bond donors (Lipinski definition) is 2. The van der Waals surface area contributed by atoms with Crippen LogP contribution < -0.4 is 0 Å². The third kappa shape index (κ3) is 16.7. The molecule has 0 bridgehead atoms. The van der Waals surface area contributed by atoms with Crippen molar-refractivity contribution in [3.05, 3.63) is 24.0 Å². The normalized spacial score (nSPS) is 12.1. The lowest BCUT2D eigenvalue weighted by atomic mass is 10.1. The molecule has 0 spiro atoms. The van der Waals surface area contributed by atoms with E-state index in [4.69, 9.17) is 5.11 Å². The lowest BCUT2D eigenvalue weighted by Gasteiger charge is -2.01. The van der Waals surface area contributed by atoms with Gasteiger partial charge in [0, 0.05) is 12.8 Å². The summed E-state index contributed by atoms with van der Waals surface area (Å²) in [5.74, 6) is -0.225. The molecule has 0 aromatic rings. The van der Waals surface area contributed by atoms with Gasteiger partial charge in [0.1, 0.15) is 0 Å². The number of hydrogen-bond acceptors (Lipinski definition) is 2. The maximum Gasteiger partial charge on any atom is 0.303 e. The largest absolute Gasteiger partial charge is 0.513 e. The van der Waals surface area contributed by atoms with Crippen molar-refractivity contribution in [3.8, 4) is 0 Å². The average molecular weight is 296 g/mol. The molecule has 0 heterocycles. The van der Waals surface area contributed by atoms with Crippen molar-refractivity contribution in [1.82, 2.24) is 0 Å². The van der Waals surface area contributed by atoms with Gasteiger partial charge in [0.15, 0.2) is 0 Å². The lowest BCUT2D eigenvalue weighted by Crippen LogP contribution is -1.93. The van der Waals surface area contributed by atoms with Crippen LogP contribution in [0.25, 0.3) is 0 Å². The number of allylic oxidation sites excluding steroid dienone is 4. The molecule has 0 saturated carbocycles. The van der Waals surface area contributed by atoms with Gasteiger partial charge in [-0.3, -0.25) is 4.79 Å². The first-order valence-electron chi connectivity index (χ1n) is 8.41. The quantitative estimate of drug-likeness (QED) is 0.243. The standard InChI is InChI=1S/C18H32O3/c1-2-3-4-5-6-8-11-14-17(19)15-12-9-7-10-13-16-18(20)21/h6,8,14,19H,2-5,7,9-13,15-16H2,1H3,(H,20,21)/b8-6+,17-14+. The van der Waals surface area contributed by atoms with Crippen LogP contribution in [0.2, 0.25) is 0 Å². The van der Waals surface area contributed by atoms with Crippen LogP contribution in [0.4, 0.5) is 0 Å². The number of rotatable bonds is 14. The molecule has 0 unspecified atom stereocenters. The third-order valence-electron chi connectivity index (χ3n) is 3.45. The summed E-state index contributed by atoms with van der Waals surface area (Å²) in [5.41, 5.74) is 0. The van der Waals surface area contributed by atoms with Gasteiger partial charge >= 0.3 is 5.97 Å². The number of aliphatic carboxylic acids is 1. The molecule has 0 rings (SSSR count). The SMILES string of the molecule is CCCCC/C=C/C/C=C(/O)CCCCCCCC(=O)O. The zero-order valence-corrected chi connectivity index (χ0v) is 13.5. The Bertz CT molecular complexity index is 306. The molecular weight excluding hydrogens is 264 g/mol. The highest BCUT2D eigenvalue weighted by Crippen LogP contribution is 2.11. The Labute approximate surface area is 129 Å². The topological polar surface area (TPSA) is 57.5 Å². The summed E-state index contributed by atoms with van der Waals surface area (Å²) in [7, 11) is 0. The molecule has 0 amide bonds. The minimum atomic E-state index is -0.710.